The number of likely N-dealkylation sites (N-methyl/N-ethyl adjacent to an activating group) is 1. The molecule has 1 aromatic heterocycles. The quantitative estimate of drug-likeness (QED) is 0.859. The van der Waals surface area contributed by atoms with Crippen molar-refractivity contribution in [1.82, 2.24) is 9.47 Å². The van der Waals surface area contributed by atoms with Gasteiger partial charge in [0.1, 0.15) is 0 Å². The number of aromatic nitrogens is 1. The Hall–Kier alpha value is -2.21. The van der Waals surface area contributed by atoms with Crippen LogP contribution in [0.3, 0.4) is 0 Å². The molecule has 6 nitrogen and oxygen atoms in total. The largest absolute Gasteiger partial charge is 0.493 e. The van der Waals surface area contributed by atoms with Crippen LogP contribution in [0, 0.1) is 0 Å². The van der Waals surface area contributed by atoms with E-state index in [4.69, 9.17) is 0 Å². The molecule has 0 radical (unpaired) electrons. The molecule has 0 atom stereocenters. The zero-order chi connectivity index (χ0) is 14.0. The van der Waals surface area contributed by atoms with Crippen molar-refractivity contribution in [1.29, 1.82) is 0 Å². The number of carbonyl (C=O) groups is 1. The van der Waals surface area contributed by atoms with Gasteiger partial charge < -0.3 is 14.6 Å². The molecule has 0 aliphatic heterocycles. The van der Waals surface area contributed by atoms with Crippen LogP contribution in [0.2, 0.25) is 0 Å². The summed E-state index contributed by atoms with van der Waals surface area (Å²) in [6.07, 6.45) is 0. The van der Waals surface area contributed by atoms with Gasteiger partial charge in [-0.25, -0.2) is 0 Å². The molecule has 1 heterocycles. The molecule has 0 unspecified atom stereocenters. The number of hydrogen-bond donors (Lipinski definition) is 1. The molecule has 1 amide bonds. The predicted molar refractivity (Wildman–Crippen MR) is 72.7 cm³/mol. The van der Waals surface area contributed by atoms with Crippen molar-refractivity contribution < 1.29 is 9.90 Å². The van der Waals surface area contributed by atoms with E-state index in [2.05, 4.69) is 10.2 Å². The third-order valence-electron chi connectivity index (χ3n) is 2.76. The Kier molecular flexibility index (Phi) is 3.62. The van der Waals surface area contributed by atoms with Crippen LogP contribution in [-0.4, -0.2) is 41.1 Å². The zero-order valence-electron chi connectivity index (χ0n) is 11.2. The van der Waals surface area contributed by atoms with Crippen LogP contribution in [0.4, 0.5) is 5.69 Å². The maximum Gasteiger partial charge on any atom is 0.278 e. The van der Waals surface area contributed by atoms with Gasteiger partial charge in [0.2, 0.25) is 5.88 Å². The van der Waals surface area contributed by atoms with Gasteiger partial charge in [-0.2, -0.15) is 0 Å². The van der Waals surface area contributed by atoms with E-state index in [1.807, 2.05) is 24.3 Å². The minimum absolute atomic E-state index is 0.00241. The second-order valence-corrected chi connectivity index (χ2v) is 4.58. The first-order valence-electron chi connectivity index (χ1n) is 5.86. The van der Waals surface area contributed by atoms with Crippen LogP contribution >= 0.6 is 0 Å². The number of carbonyl (C=O) groups excluding carboxylic acids is 1. The van der Waals surface area contributed by atoms with Crippen LogP contribution in [-0.2, 0) is 11.8 Å². The van der Waals surface area contributed by atoms with E-state index < -0.39 is 0 Å². The van der Waals surface area contributed by atoms with Gasteiger partial charge in [0.25, 0.3) is 5.91 Å². The topological polar surface area (TPSA) is 70.2 Å². The average molecular weight is 260 g/mol. The van der Waals surface area contributed by atoms with Crippen LogP contribution in [0.1, 0.15) is 0 Å². The van der Waals surface area contributed by atoms with Gasteiger partial charge in [-0.1, -0.05) is 18.2 Å². The first kappa shape index (κ1) is 13.2. The summed E-state index contributed by atoms with van der Waals surface area (Å²) < 4.78 is 1.61. The van der Waals surface area contributed by atoms with Gasteiger partial charge in [-0.05, 0) is 20.2 Å². The Morgan fingerprint density at radius 1 is 1.37 bits per heavy atom. The SMILES string of the molecule is CN(C)CC(=O)N=Nc1c(O)n(C)c2ccccc12. The number of amides is 1. The second-order valence-electron chi connectivity index (χ2n) is 4.58. The van der Waals surface area contributed by atoms with Crippen LogP contribution in [0.25, 0.3) is 10.9 Å². The number of nitrogens with zero attached hydrogens (tertiary/aromatic N) is 4. The Morgan fingerprint density at radius 2 is 2.05 bits per heavy atom. The van der Waals surface area contributed by atoms with Crippen molar-refractivity contribution in [3.05, 3.63) is 24.3 Å². The fourth-order valence-corrected chi connectivity index (χ4v) is 1.87. The molecule has 0 aliphatic rings. The normalized spacial score (nSPS) is 11.8. The van der Waals surface area contributed by atoms with Gasteiger partial charge in [-0.15, -0.1) is 10.2 Å². The van der Waals surface area contributed by atoms with Gasteiger partial charge in [-0.3, -0.25) is 4.79 Å². The molecule has 2 rings (SSSR count). The molecule has 0 spiro atoms. The summed E-state index contributed by atoms with van der Waals surface area (Å²) >= 11 is 0. The van der Waals surface area contributed by atoms with Crippen molar-refractivity contribution in [3.63, 3.8) is 0 Å². The number of rotatable bonds is 3. The van der Waals surface area contributed by atoms with Crippen molar-refractivity contribution >= 4 is 22.5 Å². The highest BCUT2D eigenvalue weighted by Crippen LogP contribution is 2.37. The highest BCUT2D eigenvalue weighted by molar-refractivity contribution is 5.95. The third kappa shape index (κ3) is 2.63. The summed E-state index contributed by atoms with van der Waals surface area (Å²) in [4.78, 5) is 13.2. The van der Waals surface area contributed by atoms with Crippen LogP contribution in [0.15, 0.2) is 34.5 Å². The van der Waals surface area contributed by atoms with E-state index in [9.17, 15) is 9.90 Å². The number of hydrogen-bond acceptors (Lipinski definition) is 4. The van der Waals surface area contributed by atoms with E-state index in [0.717, 1.165) is 10.9 Å². The fourth-order valence-electron chi connectivity index (χ4n) is 1.87. The first-order valence-corrected chi connectivity index (χ1v) is 5.86. The van der Waals surface area contributed by atoms with Crippen molar-refractivity contribution in [2.24, 2.45) is 17.3 Å². The van der Waals surface area contributed by atoms with E-state index >= 15 is 0 Å². The number of aromatic hydroxyl groups is 1. The molecular formula is C13H16N4O2. The molecule has 0 saturated carbocycles. The maximum atomic E-state index is 11.5. The van der Waals surface area contributed by atoms with E-state index in [-0.39, 0.29) is 18.3 Å². The summed E-state index contributed by atoms with van der Waals surface area (Å²) in [6, 6.07) is 7.43. The zero-order valence-corrected chi connectivity index (χ0v) is 11.2. The number of azo groups is 1. The smallest absolute Gasteiger partial charge is 0.278 e. The molecule has 0 fully saturated rings. The molecule has 0 saturated heterocycles. The monoisotopic (exact) mass is 260 g/mol. The molecule has 1 aromatic carbocycles. The van der Waals surface area contributed by atoms with Crippen molar-refractivity contribution in [3.8, 4) is 5.88 Å². The van der Waals surface area contributed by atoms with E-state index in [1.54, 1.807) is 30.6 Å². The van der Waals surface area contributed by atoms with E-state index in [1.165, 1.54) is 0 Å². The van der Waals surface area contributed by atoms with Gasteiger partial charge in [0, 0.05) is 12.4 Å². The second kappa shape index (κ2) is 5.19. The first-order chi connectivity index (χ1) is 9.00. The number of fused-ring (bicyclic) bond motifs is 1. The standard InChI is InChI=1S/C13H16N4O2/c1-16(2)8-11(18)14-15-12-9-6-4-5-7-10(9)17(3)13(12)19/h4-7,19H,8H2,1-3H3. The Morgan fingerprint density at radius 3 is 2.74 bits per heavy atom. The summed E-state index contributed by atoms with van der Waals surface area (Å²) in [7, 11) is 5.30. The number of para-hydroxylation sites is 1. The van der Waals surface area contributed by atoms with Crippen LogP contribution in [0.5, 0.6) is 5.88 Å². The highest BCUT2D eigenvalue weighted by Gasteiger charge is 2.13. The van der Waals surface area contributed by atoms with Crippen LogP contribution < -0.4 is 0 Å². The Bertz CT molecular complexity index is 643. The molecule has 1 N–H and O–H groups in total. The summed E-state index contributed by atoms with van der Waals surface area (Å²) in [5, 5.41) is 18.3. The summed E-state index contributed by atoms with van der Waals surface area (Å²) in [5.74, 6) is -0.347. The van der Waals surface area contributed by atoms with E-state index in [0.29, 0.717) is 5.69 Å². The molecule has 0 bridgehead atoms. The van der Waals surface area contributed by atoms with Crippen molar-refractivity contribution in [2.45, 2.75) is 0 Å². The molecule has 2 aromatic rings. The lowest BCUT2D eigenvalue weighted by Crippen LogP contribution is -2.19. The minimum Gasteiger partial charge on any atom is -0.493 e. The van der Waals surface area contributed by atoms with Crippen molar-refractivity contribution in [2.75, 3.05) is 20.6 Å². The summed E-state index contributed by atoms with van der Waals surface area (Å²) in [5.41, 5.74) is 1.17. The van der Waals surface area contributed by atoms with Gasteiger partial charge in [0.05, 0.1) is 12.1 Å². The number of aryl methyl sites for hydroxylation is 1. The maximum absolute atomic E-state index is 11.5. The fraction of sp³-hybridized carbons (Fsp3) is 0.308. The molecule has 6 heteroatoms. The molecule has 100 valence electrons. The summed E-state index contributed by atoms with van der Waals surface area (Å²) in [6.45, 7) is 0.190. The lowest BCUT2D eigenvalue weighted by molar-refractivity contribution is -0.118. The molecule has 19 heavy (non-hydrogen) atoms. The molecular weight excluding hydrogens is 244 g/mol. The predicted octanol–water partition coefficient (Wildman–Crippen LogP) is 2.06. The average Bonchev–Trinajstić information content (AvgIpc) is 2.60. The third-order valence-corrected chi connectivity index (χ3v) is 2.76. The molecule has 0 aliphatic carbocycles. The lowest BCUT2D eigenvalue weighted by atomic mass is 10.2. The minimum atomic E-state index is -0.350. The van der Waals surface area contributed by atoms with Gasteiger partial charge in [0.15, 0.2) is 5.69 Å². The number of benzene rings is 1. The highest BCUT2D eigenvalue weighted by atomic mass is 16.3. The Balaban J connectivity index is 2.38. The van der Waals surface area contributed by atoms with Gasteiger partial charge >= 0.3 is 0 Å². The Labute approximate surface area is 111 Å². The lowest BCUT2D eigenvalue weighted by Gasteiger charge is -2.03.